The molecule has 8 amide bonds. The molecule has 0 bridgehead atoms. The van der Waals surface area contributed by atoms with Crippen LogP contribution in [0.1, 0.15) is 135 Å². The van der Waals surface area contributed by atoms with Crippen molar-refractivity contribution in [1.82, 2.24) is 36.4 Å². The predicted octanol–water partition coefficient (Wildman–Crippen LogP) is -3.12. The van der Waals surface area contributed by atoms with Crippen molar-refractivity contribution < 1.29 is 96.4 Å². The topological polar surface area (TPSA) is 455 Å². The van der Waals surface area contributed by atoms with Crippen LogP contribution in [0, 0.1) is 5.92 Å². The summed E-state index contributed by atoms with van der Waals surface area (Å²) in [7, 11) is -5.13. The molecular formula is C51H82N8O20S. The number of amides is 8. The number of carbonyl (C=O) groups is 8. The molecule has 1 aromatic carbocycles. The zero-order chi connectivity index (χ0) is 59.6. The third-order valence-corrected chi connectivity index (χ3v) is 14.9. The zero-order valence-corrected chi connectivity index (χ0v) is 46.2. The van der Waals surface area contributed by atoms with Crippen LogP contribution in [-0.2, 0) is 55.2 Å². The van der Waals surface area contributed by atoms with E-state index in [2.05, 4.69) is 37.7 Å². The van der Waals surface area contributed by atoms with Crippen LogP contribution in [0.5, 0.6) is 11.5 Å². The molecule has 4 rings (SSSR count). The van der Waals surface area contributed by atoms with Gasteiger partial charge in [-0.1, -0.05) is 97.0 Å². The summed E-state index contributed by atoms with van der Waals surface area (Å²) in [4.78, 5) is 113. The van der Waals surface area contributed by atoms with Crippen molar-refractivity contribution in [2.24, 2.45) is 11.7 Å². The fourth-order valence-electron chi connectivity index (χ4n) is 10.1. The van der Waals surface area contributed by atoms with Crippen LogP contribution in [0.15, 0.2) is 18.2 Å². The number of benzene rings is 1. The van der Waals surface area contributed by atoms with E-state index in [0.717, 1.165) is 62.1 Å². The average molecular weight is 1160 g/mol. The third-order valence-electron chi connectivity index (χ3n) is 14.5. The van der Waals surface area contributed by atoms with Gasteiger partial charge < -0.3 is 87.2 Å². The number of nitrogens with one attached hydrogen (secondary N) is 5. The Kier molecular flexibility index (Phi) is 26.2. The molecule has 16 N–H and O–H groups in total. The maximum Gasteiger partial charge on any atom is 0.446 e. The number of nitrogens with two attached hydrogens (primary N) is 1. The molecule has 452 valence electrons. The number of aromatic hydroxyl groups is 1. The van der Waals surface area contributed by atoms with E-state index in [1.54, 1.807) is 0 Å². The lowest BCUT2D eigenvalue weighted by Crippen LogP contribution is -2.64. The molecule has 0 saturated carbocycles. The summed E-state index contributed by atoms with van der Waals surface area (Å²) < 4.78 is 36.0. The van der Waals surface area contributed by atoms with E-state index in [1.807, 2.05) is 0 Å². The fourth-order valence-corrected chi connectivity index (χ4v) is 10.4. The van der Waals surface area contributed by atoms with E-state index in [9.17, 15) is 87.6 Å². The molecule has 3 saturated heterocycles. The molecule has 0 radical (unpaired) electrons. The number of nitrogens with zero attached hydrogens (tertiary/aromatic N) is 2. The second-order valence-electron chi connectivity index (χ2n) is 21.2. The van der Waals surface area contributed by atoms with Crippen molar-refractivity contribution in [3.8, 4) is 11.5 Å². The number of primary amides is 1. The van der Waals surface area contributed by atoms with Crippen LogP contribution in [-0.4, -0.2) is 203 Å². The summed E-state index contributed by atoms with van der Waals surface area (Å²) in [6.45, 7) is 3.57. The van der Waals surface area contributed by atoms with Gasteiger partial charge in [0.2, 0.25) is 47.3 Å². The molecule has 3 heterocycles. The van der Waals surface area contributed by atoms with E-state index in [1.165, 1.54) is 45.4 Å². The Morgan fingerprint density at radius 1 is 0.738 bits per heavy atom. The summed E-state index contributed by atoms with van der Waals surface area (Å²) >= 11 is 0. The summed E-state index contributed by atoms with van der Waals surface area (Å²) in [5.41, 5.74) is 5.25. The largest absolute Gasteiger partial charge is 0.504 e. The molecule has 3 aliphatic heterocycles. The van der Waals surface area contributed by atoms with E-state index in [-0.39, 0.29) is 12.0 Å². The van der Waals surface area contributed by atoms with Crippen LogP contribution in [0.2, 0.25) is 0 Å². The highest BCUT2D eigenvalue weighted by Gasteiger charge is 2.50. The van der Waals surface area contributed by atoms with Crippen LogP contribution in [0.4, 0.5) is 0 Å². The van der Waals surface area contributed by atoms with Crippen molar-refractivity contribution in [1.29, 1.82) is 0 Å². The molecule has 1 aromatic rings. The van der Waals surface area contributed by atoms with Gasteiger partial charge in [-0.15, -0.1) is 0 Å². The number of aliphatic hydroxyl groups excluding tert-OH is 7. The molecule has 0 aliphatic carbocycles. The predicted molar refractivity (Wildman–Crippen MR) is 281 cm³/mol. The van der Waals surface area contributed by atoms with Gasteiger partial charge in [0, 0.05) is 44.7 Å². The highest BCUT2D eigenvalue weighted by atomic mass is 32.3. The van der Waals surface area contributed by atoms with Gasteiger partial charge in [-0.25, -0.2) is 0 Å². The summed E-state index contributed by atoms with van der Waals surface area (Å²) in [6, 6.07) is -9.28. The molecule has 29 heteroatoms. The SMILES string of the molecule is CCCCCCCCCCCCCCCC(=O)N[C@H]1C[C@@H](O)[C@@H](O)NC(=O)[C@@H]2[C@@H](O)[C@@H](C)CN2C(=O)[C@H]([C@H](O)CC(N)=O)NC(=O)[C@H]([C@H](O)Cc2ccc(OS(=O)(=O)O)c(O)c2)NC(=O)[C@@H]2C[C@@H](O)CN2C(=O)[C@H]([C@@H](C)O)NC1=O. The molecular weight excluding hydrogens is 1080 g/mol. The summed E-state index contributed by atoms with van der Waals surface area (Å²) in [5, 5.41) is 100. The average Bonchev–Trinajstić information content (AvgIpc) is 4.06. The van der Waals surface area contributed by atoms with Crippen LogP contribution < -0.4 is 36.5 Å². The molecule has 14 atom stereocenters. The second kappa shape index (κ2) is 31.4. The van der Waals surface area contributed by atoms with Gasteiger partial charge in [-0.2, -0.15) is 8.42 Å². The Morgan fingerprint density at radius 3 is 1.86 bits per heavy atom. The Balaban J connectivity index is 1.71. The second-order valence-corrected chi connectivity index (χ2v) is 22.2. The number of phenols is 1. The molecule has 3 aliphatic rings. The van der Waals surface area contributed by atoms with Crippen molar-refractivity contribution in [2.75, 3.05) is 13.1 Å². The van der Waals surface area contributed by atoms with Crippen LogP contribution in [0.3, 0.4) is 0 Å². The number of unbranched alkanes of at least 4 members (excludes halogenated alkanes) is 12. The van der Waals surface area contributed by atoms with Crippen molar-refractivity contribution in [3.05, 3.63) is 23.8 Å². The van der Waals surface area contributed by atoms with E-state index < -0.39 is 193 Å². The van der Waals surface area contributed by atoms with Crippen molar-refractivity contribution in [3.63, 3.8) is 0 Å². The fraction of sp³-hybridized carbons (Fsp3) is 0.725. The van der Waals surface area contributed by atoms with Gasteiger partial charge in [-0.05, 0) is 31.0 Å². The molecule has 80 heavy (non-hydrogen) atoms. The maximum atomic E-state index is 14.6. The molecule has 0 spiro atoms. The highest BCUT2D eigenvalue weighted by Crippen LogP contribution is 2.30. The van der Waals surface area contributed by atoms with Crippen LogP contribution >= 0.6 is 0 Å². The normalized spacial score (nSPS) is 27.8. The number of aliphatic hydroxyl groups is 7. The lowest BCUT2D eigenvalue weighted by molar-refractivity contribution is -0.148. The Morgan fingerprint density at radius 2 is 1.30 bits per heavy atom. The van der Waals surface area contributed by atoms with Gasteiger partial charge in [0.05, 0.1) is 36.9 Å². The van der Waals surface area contributed by atoms with Crippen molar-refractivity contribution >= 4 is 57.7 Å². The number of carbonyl (C=O) groups excluding carboxylic acids is 8. The van der Waals surface area contributed by atoms with E-state index >= 15 is 0 Å². The lowest BCUT2D eigenvalue weighted by Gasteiger charge is -2.34. The molecule has 0 unspecified atom stereocenters. The number of fused-ring (bicyclic) bond motifs is 2. The first-order chi connectivity index (χ1) is 37.6. The maximum absolute atomic E-state index is 14.6. The Bertz CT molecular complexity index is 2400. The number of rotatable bonds is 24. The highest BCUT2D eigenvalue weighted by molar-refractivity contribution is 7.81. The van der Waals surface area contributed by atoms with E-state index in [0.29, 0.717) is 17.7 Å². The van der Waals surface area contributed by atoms with Crippen molar-refractivity contribution in [2.45, 2.75) is 215 Å². The zero-order valence-electron chi connectivity index (χ0n) is 45.4. The van der Waals surface area contributed by atoms with Gasteiger partial charge >= 0.3 is 10.4 Å². The minimum atomic E-state index is -5.13. The monoisotopic (exact) mass is 1160 g/mol. The van der Waals surface area contributed by atoms with Gasteiger partial charge in [-0.3, -0.25) is 42.9 Å². The number of phenolic OH excluding ortho intramolecular Hbond substituents is 1. The van der Waals surface area contributed by atoms with E-state index in [4.69, 9.17) is 10.3 Å². The first-order valence-corrected chi connectivity index (χ1v) is 28.7. The molecule has 0 aromatic heterocycles. The minimum Gasteiger partial charge on any atom is -0.504 e. The smallest absolute Gasteiger partial charge is 0.446 e. The number of hydrogen-bond donors (Lipinski definition) is 15. The van der Waals surface area contributed by atoms with Gasteiger partial charge in [0.1, 0.15) is 42.4 Å². The first-order valence-electron chi connectivity index (χ1n) is 27.3. The van der Waals surface area contributed by atoms with Gasteiger partial charge in [0.15, 0.2) is 17.7 Å². The first kappa shape index (κ1) is 66.7. The summed E-state index contributed by atoms with van der Waals surface area (Å²) in [5.74, 6) is -12.4. The third kappa shape index (κ3) is 20.0. The van der Waals surface area contributed by atoms with Crippen LogP contribution in [0.25, 0.3) is 0 Å². The summed E-state index contributed by atoms with van der Waals surface area (Å²) in [6.07, 6.45) is -3.61. The Hall–Kier alpha value is -5.79. The quantitative estimate of drug-likeness (QED) is 0.0360. The standard InChI is InChI=1S/C51H82N8O20S/c1-4-5-6-7-8-9-10-11-12-13-14-15-16-17-39(67)53-31-23-36(65)47(71)57-49(73)43-44(68)27(2)25-59(43)51(75)42(35(64)24-38(52)66)56-48(72)41(34(63)21-29-18-19-37(33(62)20-29)79-80(76,77)78)55-46(70)32-22-30(61)26-58(32)50(74)40(28(3)60)54-45(31)69/h18-20,27-28,30-32,34-36,40-44,47,60-65,68,71H,4-17,21-26H2,1-3H3,(H2,52,66)(H,53,67)(H,54,69)(H,55,70)(H,56,72)(H,57,73)(H,76,77,78)/t27-,28+,30+,31-,32-,34+,35+,36+,40-,41-,42-,43-,44-,47+/m0/s1. The molecule has 28 nitrogen and oxygen atoms in total. The minimum absolute atomic E-state index is 0.0945. The molecule has 3 fully saturated rings. The number of hydrogen-bond acceptors (Lipinski definition) is 19. The van der Waals surface area contributed by atoms with Gasteiger partial charge in [0.25, 0.3) is 0 Å². The Labute approximate surface area is 464 Å². The lowest BCUT2D eigenvalue weighted by atomic mass is 9.98.